The summed E-state index contributed by atoms with van der Waals surface area (Å²) in [6.45, 7) is 2.50. The second-order valence-electron chi connectivity index (χ2n) is 5.92. The number of nitrogens with two attached hydrogens (primary N) is 1. The summed E-state index contributed by atoms with van der Waals surface area (Å²) in [4.78, 5) is 5.79. The number of para-hydroxylation sites is 1. The predicted molar refractivity (Wildman–Crippen MR) is 103 cm³/mol. The lowest BCUT2D eigenvalue weighted by atomic mass is 10.1. The quantitative estimate of drug-likeness (QED) is 0.590. The average Bonchev–Trinajstić information content (AvgIpc) is 3.21. The minimum Gasteiger partial charge on any atom is -0.496 e. The predicted octanol–water partition coefficient (Wildman–Crippen LogP) is 4.51. The molecule has 0 saturated carbocycles. The lowest BCUT2D eigenvalue weighted by molar-refractivity contribution is 0.416. The van der Waals surface area contributed by atoms with Gasteiger partial charge in [0.25, 0.3) is 0 Å². The van der Waals surface area contributed by atoms with Crippen LogP contribution in [0.1, 0.15) is 11.3 Å². The first-order valence-electron chi connectivity index (χ1n) is 8.12. The van der Waals surface area contributed by atoms with Gasteiger partial charge in [0.15, 0.2) is 4.96 Å². The van der Waals surface area contributed by atoms with Gasteiger partial charge in [-0.25, -0.2) is 4.98 Å². The fourth-order valence-corrected chi connectivity index (χ4v) is 4.00. The molecule has 4 nitrogen and oxygen atoms in total. The monoisotopic (exact) mass is 349 g/mol. The second-order valence-corrected chi connectivity index (χ2v) is 6.75. The Kier molecular flexibility index (Phi) is 4.03. The highest BCUT2D eigenvalue weighted by atomic mass is 32.1. The Morgan fingerprint density at radius 2 is 1.88 bits per heavy atom. The first kappa shape index (κ1) is 15.9. The average molecular weight is 349 g/mol. The third kappa shape index (κ3) is 2.62. The summed E-state index contributed by atoms with van der Waals surface area (Å²) >= 11 is 1.62. The van der Waals surface area contributed by atoms with Gasteiger partial charge in [0.05, 0.1) is 24.2 Å². The van der Waals surface area contributed by atoms with E-state index in [0.717, 1.165) is 38.9 Å². The van der Waals surface area contributed by atoms with E-state index in [9.17, 15) is 0 Å². The van der Waals surface area contributed by atoms with Crippen LogP contribution in [0.15, 0.2) is 53.9 Å². The summed E-state index contributed by atoms with van der Waals surface area (Å²) in [5, 5.41) is 2.11. The maximum absolute atomic E-state index is 6.12. The standard InChI is InChI=1S/C20H19N3OS/c1-13-7-9-14(10-8-13)19-16(11-21)23-17(12-25-20(23)22-19)15-5-3-4-6-18(15)24-2/h3-10,12H,11,21H2,1-2H3. The molecule has 4 aromatic rings. The Morgan fingerprint density at radius 3 is 2.60 bits per heavy atom. The van der Waals surface area contributed by atoms with Gasteiger partial charge in [0.2, 0.25) is 0 Å². The van der Waals surface area contributed by atoms with Crippen LogP contribution in [-0.2, 0) is 6.54 Å². The molecule has 4 rings (SSSR count). The number of aryl methyl sites for hydroxylation is 1. The van der Waals surface area contributed by atoms with Gasteiger partial charge in [-0.3, -0.25) is 4.40 Å². The first-order valence-corrected chi connectivity index (χ1v) is 9.00. The smallest absolute Gasteiger partial charge is 0.195 e. The van der Waals surface area contributed by atoms with Crippen molar-refractivity contribution in [2.75, 3.05) is 7.11 Å². The molecule has 2 aromatic carbocycles. The second kappa shape index (κ2) is 6.35. The molecular formula is C20H19N3OS. The van der Waals surface area contributed by atoms with Crippen molar-refractivity contribution in [1.29, 1.82) is 0 Å². The number of ether oxygens (including phenoxy) is 1. The van der Waals surface area contributed by atoms with Crippen LogP contribution < -0.4 is 10.5 Å². The summed E-state index contributed by atoms with van der Waals surface area (Å²) < 4.78 is 7.69. The maximum atomic E-state index is 6.12. The molecular weight excluding hydrogens is 330 g/mol. The fourth-order valence-electron chi connectivity index (χ4n) is 3.09. The number of methoxy groups -OCH3 is 1. The minimum atomic E-state index is 0.420. The van der Waals surface area contributed by atoms with Crippen molar-refractivity contribution < 1.29 is 4.74 Å². The molecule has 2 heterocycles. The van der Waals surface area contributed by atoms with Crippen molar-refractivity contribution in [3.8, 4) is 28.3 Å². The van der Waals surface area contributed by atoms with Crippen molar-refractivity contribution in [3.63, 3.8) is 0 Å². The summed E-state index contributed by atoms with van der Waals surface area (Å²) in [5.74, 6) is 0.843. The van der Waals surface area contributed by atoms with Gasteiger partial charge in [-0.1, -0.05) is 42.0 Å². The fraction of sp³-hybridized carbons (Fsp3) is 0.150. The van der Waals surface area contributed by atoms with Gasteiger partial charge in [0.1, 0.15) is 5.75 Å². The maximum Gasteiger partial charge on any atom is 0.195 e. The van der Waals surface area contributed by atoms with E-state index >= 15 is 0 Å². The molecule has 0 bridgehead atoms. The summed E-state index contributed by atoms with van der Waals surface area (Å²) in [7, 11) is 1.69. The van der Waals surface area contributed by atoms with Crippen LogP contribution in [0.25, 0.3) is 27.5 Å². The van der Waals surface area contributed by atoms with Crippen molar-refractivity contribution in [1.82, 2.24) is 9.38 Å². The number of rotatable bonds is 4. The third-order valence-corrected chi connectivity index (χ3v) is 5.19. The molecule has 0 fully saturated rings. The van der Waals surface area contributed by atoms with Gasteiger partial charge in [0, 0.05) is 23.1 Å². The summed E-state index contributed by atoms with van der Waals surface area (Å²) in [6, 6.07) is 16.4. The van der Waals surface area contributed by atoms with E-state index in [4.69, 9.17) is 15.5 Å². The molecule has 0 spiro atoms. The van der Waals surface area contributed by atoms with E-state index in [0.29, 0.717) is 6.54 Å². The van der Waals surface area contributed by atoms with E-state index in [1.165, 1.54) is 5.56 Å². The molecule has 0 radical (unpaired) electrons. The van der Waals surface area contributed by atoms with Crippen LogP contribution >= 0.6 is 11.3 Å². The highest BCUT2D eigenvalue weighted by Crippen LogP contribution is 2.36. The Labute approximate surface area is 150 Å². The molecule has 126 valence electrons. The number of thiazole rings is 1. The van der Waals surface area contributed by atoms with Crippen molar-refractivity contribution >= 4 is 16.3 Å². The Hall–Kier alpha value is -2.63. The van der Waals surface area contributed by atoms with Crippen LogP contribution in [0.4, 0.5) is 0 Å². The number of aromatic nitrogens is 2. The molecule has 0 atom stereocenters. The zero-order valence-electron chi connectivity index (χ0n) is 14.2. The molecule has 0 aliphatic heterocycles. The summed E-state index contributed by atoms with van der Waals surface area (Å²) in [5.41, 5.74) is 12.5. The zero-order valence-corrected chi connectivity index (χ0v) is 15.0. The number of nitrogens with zero attached hydrogens (tertiary/aromatic N) is 2. The molecule has 0 saturated heterocycles. The highest BCUT2D eigenvalue weighted by molar-refractivity contribution is 7.15. The SMILES string of the molecule is COc1ccccc1-c1csc2nc(-c3ccc(C)cc3)c(CN)n12. The van der Waals surface area contributed by atoms with Crippen LogP contribution in [0.5, 0.6) is 5.75 Å². The van der Waals surface area contributed by atoms with Gasteiger partial charge in [-0.2, -0.15) is 0 Å². The minimum absolute atomic E-state index is 0.420. The van der Waals surface area contributed by atoms with Crippen molar-refractivity contribution in [2.45, 2.75) is 13.5 Å². The first-order chi connectivity index (χ1) is 12.2. The topological polar surface area (TPSA) is 52.5 Å². The number of hydrogen-bond donors (Lipinski definition) is 1. The largest absolute Gasteiger partial charge is 0.496 e. The molecule has 2 N–H and O–H groups in total. The van der Waals surface area contributed by atoms with E-state index in [-0.39, 0.29) is 0 Å². The van der Waals surface area contributed by atoms with Gasteiger partial charge in [-0.05, 0) is 19.1 Å². The van der Waals surface area contributed by atoms with Gasteiger partial charge < -0.3 is 10.5 Å². The highest BCUT2D eigenvalue weighted by Gasteiger charge is 2.19. The van der Waals surface area contributed by atoms with Gasteiger partial charge in [-0.15, -0.1) is 11.3 Å². The number of hydrogen-bond acceptors (Lipinski definition) is 4. The van der Waals surface area contributed by atoms with E-state index in [1.807, 2.05) is 18.2 Å². The van der Waals surface area contributed by atoms with Crippen LogP contribution in [-0.4, -0.2) is 16.5 Å². The molecule has 2 aromatic heterocycles. The lowest BCUT2D eigenvalue weighted by Gasteiger charge is -2.09. The molecule has 0 amide bonds. The molecule has 25 heavy (non-hydrogen) atoms. The van der Waals surface area contributed by atoms with E-state index < -0.39 is 0 Å². The zero-order chi connectivity index (χ0) is 17.4. The lowest BCUT2D eigenvalue weighted by Crippen LogP contribution is -2.03. The van der Waals surface area contributed by atoms with Crippen LogP contribution in [0.2, 0.25) is 0 Å². The molecule has 0 unspecified atom stereocenters. The Morgan fingerprint density at radius 1 is 1.12 bits per heavy atom. The molecule has 0 aliphatic carbocycles. The Bertz CT molecular complexity index is 1030. The van der Waals surface area contributed by atoms with Crippen LogP contribution in [0.3, 0.4) is 0 Å². The normalized spacial score (nSPS) is 11.2. The van der Waals surface area contributed by atoms with Crippen LogP contribution in [0, 0.1) is 6.92 Å². The van der Waals surface area contributed by atoms with Gasteiger partial charge >= 0.3 is 0 Å². The molecule has 0 aliphatic rings. The number of benzene rings is 2. The number of fused-ring (bicyclic) bond motifs is 1. The Balaban J connectivity index is 1.95. The third-order valence-electron chi connectivity index (χ3n) is 4.36. The van der Waals surface area contributed by atoms with Crippen molar-refractivity contribution in [2.24, 2.45) is 5.73 Å². The van der Waals surface area contributed by atoms with E-state index in [1.54, 1.807) is 18.4 Å². The number of imidazole rings is 1. The van der Waals surface area contributed by atoms with Crippen molar-refractivity contribution in [3.05, 3.63) is 65.2 Å². The molecule has 5 heteroatoms. The van der Waals surface area contributed by atoms with E-state index in [2.05, 4.69) is 47.0 Å². The summed E-state index contributed by atoms with van der Waals surface area (Å²) in [6.07, 6.45) is 0.